The van der Waals surface area contributed by atoms with Gasteiger partial charge in [0.25, 0.3) is 0 Å². The molecule has 0 unspecified atom stereocenters. The van der Waals surface area contributed by atoms with Gasteiger partial charge in [0.15, 0.2) is 5.82 Å². The zero-order valence-electron chi connectivity index (χ0n) is 8.33. The molecule has 0 aliphatic rings. The van der Waals surface area contributed by atoms with E-state index in [0.717, 1.165) is 12.1 Å². The lowest BCUT2D eigenvalue weighted by molar-refractivity contribution is -0.137. The monoisotopic (exact) mass is 262 g/mol. The number of halogens is 4. The quantitative estimate of drug-likeness (QED) is 0.833. The number of hydrogen-bond acceptors (Lipinski definition) is 3. The van der Waals surface area contributed by atoms with Crippen LogP contribution in [-0.4, -0.2) is 10.1 Å². The molecule has 0 radical (unpaired) electrons. The lowest BCUT2D eigenvalue weighted by atomic mass is 10.1. The largest absolute Gasteiger partial charge is 0.416 e. The Kier molecular flexibility index (Phi) is 3.06. The average Bonchev–Trinajstić information content (AvgIpc) is 2.63. The van der Waals surface area contributed by atoms with Crippen LogP contribution in [-0.2, 0) is 12.6 Å². The van der Waals surface area contributed by atoms with Crippen LogP contribution in [0, 0.1) is 0 Å². The van der Waals surface area contributed by atoms with Crippen LogP contribution in [0.25, 0.3) is 0 Å². The predicted molar refractivity (Wildman–Crippen MR) is 53.6 cm³/mol. The minimum Gasteiger partial charge on any atom is -0.321 e. The third kappa shape index (κ3) is 2.97. The summed E-state index contributed by atoms with van der Waals surface area (Å²) >= 11 is 5.41. The van der Waals surface area contributed by atoms with Gasteiger partial charge < -0.3 is 4.52 Å². The number of rotatable bonds is 2. The second kappa shape index (κ2) is 4.37. The van der Waals surface area contributed by atoms with Crippen molar-refractivity contribution in [3.8, 4) is 0 Å². The van der Waals surface area contributed by atoms with Gasteiger partial charge in [-0.15, -0.1) is 0 Å². The molecule has 0 fully saturated rings. The molecule has 0 N–H and O–H groups in total. The third-order valence-electron chi connectivity index (χ3n) is 2.06. The predicted octanol–water partition coefficient (Wildman–Crippen LogP) is 3.33. The van der Waals surface area contributed by atoms with E-state index in [1.807, 2.05) is 0 Å². The molecule has 0 aliphatic heterocycles. The van der Waals surface area contributed by atoms with Gasteiger partial charge in [0, 0.05) is 6.42 Å². The van der Waals surface area contributed by atoms with E-state index in [9.17, 15) is 13.2 Å². The number of benzene rings is 1. The molecule has 3 nitrogen and oxygen atoms in total. The Bertz CT molecular complexity index is 524. The Balaban J connectivity index is 2.22. The van der Waals surface area contributed by atoms with Crippen molar-refractivity contribution < 1.29 is 17.7 Å². The van der Waals surface area contributed by atoms with Gasteiger partial charge in [-0.05, 0) is 23.2 Å². The lowest BCUT2D eigenvalue weighted by Crippen LogP contribution is -2.05. The van der Waals surface area contributed by atoms with Crippen LogP contribution in [0.1, 0.15) is 17.0 Å². The summed E-state index contributed by atoms with van der Waals surface area (Å²) in [6.45, 7) is 0. The zero-order chi connectivity index (χ0) is 12.5. The number of nitrogens with zero attached hydrogens (tertiary/aromatic N) is 2. The first-order valence-electron chi connectivity index (χ1n) is 4.59. The number of hydrogen-bond donors (Lipinski definition) is 0. The summed E-state index contributed by atoms with van der Waals surface area (Å²) in [7, 11) is 0. The zero-order valence-corrected chi connectivity index (χ0v) is 9.09. The molecule has 0 aliphatic carbocycles. The molecular formula is C10H6ClF3N2O. The highest BCUT2D eigenvalue weighted by atomic mass is 35.5. The van der Waals surface area contributed by atoms with Crippen molar-refractivity contribution in [3.63, 3.8) is 0 Å². The van der Waals surface area contributed by atoms with Crippen LogP contribution in [0.4, 0.5) is 13.2 Å². The molecule has 2 aromatic rings. The lowest BCUT2D eigenvalue weighted by Gasteiger charge is -2.07. The molecule has 7 heteroatoms. The van der Waals surface area contributed by atoms with E-state index in [1.54, 1.807) is 6.07 Å². The minimum atomic E-state index is -4.36. The summed E-state index contributed by atoms with van der Waals surface area (Å²) in [4.78, 5) is 3.70. The Hall–Kier alpha value is -1.56. The maximum Gasteiger partial charge on any atom is 0.416 e. The molecule has 0 spiro atoms. The van der Waals surface area contributed by atoms with E-state index >= 15 is 0 Å². The molecule has 0 bridgehead atoms. The molecule has 0 amide bonds. The van der Waals surface area contributed by atoms with Crippen molar-refractivity contribution in [3.05, 3.63) is 46.6 Å². The van der Waals surface area contributed by atoms with E-state index in [4.69, 9.17) is 11.6 Å². The molecule has 1 aromatic heterocycles. The standard InChI is InChI=1S/C10H6ClF3N2O/c11-9-15-8(16-17-9)5-6-2-1-3-7(4-6)10(12,13)14/h1-4H,5H2. The first-order chi connectivity index (χ1) is 7.95. The Morgan fingerprint density at radius 3 is 2.65 bits per heavy atom. The van der Waals surface area contributed by atoms with Crippen LogP contribution < -0.4 is 0 Å². The van der Waals surface area contributed by atoms with Crippen LogP contribution in [0.2, 0.25) is 5.35 Å². The highest BCUT2D eigenvalue weighted by Gasteiger charge is 2.30. The van der Waals surface area contributed by atoms with Gasteiger partial charge in [-0.25, -0.2) is 0 Å². The Morgan fingerprint density at radius 2 is 2.06 bits per heavy atom. The van der Waals surface area contributed by atoms with Gasteiger partial charge >= 0.3 is 11.5 Å². The maximum absolute atomic E-state index is 12.4. The fraction of sp³-hybridized carbons (Fsp3) is 0.200. The van der Waals surface area contributed by atoms with E-state index in [0.29, 0.717) is 5.56 Å². The highest BCUT2D eigenvalue weighted by Crippen LogP contribution is 2.29. The van der Waals surface area contributed by atoms with Crippen LogP contribution in [0.5, 0.6) is 0 Å². The van der Waals surface area contributed by atoms with E-state index in [2.05, 4.69) is 14.7 Å². The molecule has 2 rings (SSSR count). The van der Waals surface area contributed by atoms with E-state index in [1.165, 1.54) is 6.07 Å². The molecule has 17 heavy (non-hydrogen) atoms. The van der Waals surface area contributed by atoms with Gasteiger partial charge in [0.2, 0.25) is 0 Å². The van der Waals surface area contributed by atoms with Crippen molar-refractivity contribution in [2.75, 3.05) is 0 Å². The molecule has 1 aromatic carbocycles. The second-order valence-electron chi connectivity index (χ2n) is 3.34. The topological polar surface area (TPSA) is 38.9 Å². The van der Waals surface area contributed by atoms with Gasteiger partial charge in [0.1, 0.15) is 0 Å². The Morgan fingerprint density at radius 1 is 1.29 bits per heavy atom. The SMILES string of the molecule is FC(F)(F)c1cccc(Cc2noc(Cl)n2)c1. The summed E-state index contributed by atoms with van der Waals surface area (Å²) < 4.78 is 41.8. The fourth-order valence-corrected chi connectivity index (χ4v) is 1.48. The average molecular weight is 263 g/mol. The van der Waals surface area contributed by atoms with Gasteiger partial charge in [-0.2, -0.15) is 18.2 Å². The smallest absolute Gasteiger partial charge is 0.321 e. The summed E-state index contributed by atoms with van der Waals surface area (Å²) in [6, 6.07) is 4.94. The third-order valence-corrected chi connectivity index (χ3v) is 2.21. The van der Waals surface area contributed by atoms with Gasteiger partial charge in [-0.3, -0.25) is 0 Å². The summed E-state index contributed by atoms with van der Waals surface area (Å²) in [6.07, 6.45) is -4.22. The summed E-state index contributed by atoms with van der Waals surface area (Å²) in [5.41, 5.74) is -0.262. The minimum absolute atomic E-state index is 0.132. The number of alkyl halides is 3. The normalized spacial score (nSPS) is 11.8. The van der Waals surface area contributed by atoms with Crippen molar-refractivity contribution >= 4 is 11.6 Å². The molecule has 1 heterocycles. The maximum atomic E-state index is 12.4. The first kappa shape index (κ1) is 11.9. The Labute approximate surface area is 99.2 Å². The van der Waals surface area contributed by atoms with Crippen molar-refractivity contribution in [1.82, 2.24) is 10.1 Å². The fourth-order valence-electron chi connectivity index (χ4n) is 1.34. The van der Waals surface area contributed by atoms with Gasteiger partial charge in [0.05, 0.1) is 5.56 Å². The van der Waals surface area contributed by atoms with Crippen molar-refractivity contribution in [2.45, 2.75) is 12.6 Å². The molecular weight excluding hydrogens is 257 g/mol. The summed E-state index contributed by atoms with van der Waals surface area (Å²) in [5.74, 6) is 0.245. The van der Waals surface area contributed by atoms with Crippen molar-refractivity contribution in [1.29, 1.82) is 0 Å². The number of aromatic nitrogens is 2. The second-order valence-corrected chi connectivity index (χ2v) is 3.66. The van der Waals surface area contributed by atoms with Crippen LogP contribution >= 0.6 is 11.6 Å². The van der Waals surface area contributed by atoms with Crippen LogP contribution in [0.3, 0.4) is 0 Å². The van der Waals surface area contributed by atoms with Crippen molar-refractivity contribution in [2.24, 2.45) is 0 Å². The molecule has 0 saturated carbocycles. The highest BCUT2D eigenvalue weighted by molar-refractivity contribution is 6.27. The summed E-state index contributed by atoms with van der Waals surface area (Å²) in [5, 5.41) is 3.37. The van der Waals surface area contributed by atoms with E-state index in [-0.39, 0.29) is 17.6 Å². The van der Waals surface area contributed by atoms with Gasteiger partial charge in [-0.1, -0.05) is 23.4 Å². The van der Waals surface area contributed by atoms with E-state index < -0.39 is 11.7 Å². The molecule has 90 valence electrons. The van der Waals surface area contributed by atoms with Crippen LogP contribution in [0.15, 0.2) is 28.8 Å². The first-order valence-corrected chi connectivity index (χ1v) is 4.97. The molecule has 0 atom stereocenters. The molecule has 0 saturated heterocycles.